The van der Waals surface area contributed by atoms with Crippen LogP contribution in [-0.2, 0) is 16.0 Å². The van der Waals surface area contributed by atoms with Gasteiger partial charge in [0.2, 0.25) is 0 Å². The molecule has 4 heteroatoms. The first-order valence-electron chi connectivity index (χ1n) is 9.27. The van der Waals surface area contributed by atoms with Crippen LogP contribution < -0.4 is 0 Å². The van der Waals surface area contributed by atoms with E-state index >= 15 is 0 Å². The van der Waals surface area contributed by atoms with Crippen LogP contribution in [0.25, 0.3) is 0 Å². The lowest BCUT2D eigenvalue weighted by atomic mass is 10.0. The number of carbonyl (C=O) groups excluding carboxylic acids is 1. The van der Waals surface area contributed by atoms with Crippen molar-refractivity contribution in [1.29, 1.82) is 0 Å². The molecule has 0 saturated carbocycles. The predicted octanol–water partition coefficient (Wildman–Crippen LogP) is 5.13. The summed E-state index contributed by atoms with van der Waals surface area (Å²) in [6.45, 7) is 5.58. The van der Waals surface area contributed by atoms with Crippen LogP contribution in [0.4, 0.5) is 5.82 Å². The van der Waals surface area contributed by atoms with Crippen LogP contribution in [0.15, 0.2) is 84.0 Å². The molecule has 0 spiro atoms. The zero-order chi connectivity index (χ0) is 20.0. The summed E-state index contributed by atoms with van der Waals surface area (Å²) in [5, 5.41) is 0. The number of nitrogens with zero attached hydrogens (tertiary/aromatic N) is 2. The molecular weight excluding hydrogens is 348 g/mol. The summed E-state index contributed by atoms with van der Waals surface area (Å²) >= 11 is 0. The van der Waals surface area contributed by atoms with Crippen LogP contribution in [0.2, 0.25) is 0 Å². The van der Waals surface area contributed by atoms with E-state index in [4.69, 9.17) is 9.73 Å². The van der Waals surface area contributed by atoms with Crippen LogP contribution in [-0.4, -0.2) is 22.3 Å². The summed E-state index contributed by atoms with van der Waals surface area (Å²) in [4.78, 5) is 21.3. The van der Waals surface area contributed by atoms with Crippen molar-refractivity contribution in [1.82, 2.24) is 4.98 Å². The van der Waals surface area contributed by atoms with Gasteiger partial charge in [0.25, 0.3) is 0 Å². The molecule has 0 saturated heterocycles. The first-order valence-corrected chi connectivity index (χ1v) is 9.27. The molecule has 4 nitrogen and oxygen atoms in total. The molecule has 2 aromatic carbocycles. The molecule has 3 rings (SSSR count). The summed E-state index contributed by atoms with van der Waals surface area (Å²) in [5.41, 5.74) is 3.17. The highest BCUT2D eigenvalue weighted by Gasteiger charge is 2.16. The van der Waals surface area contributed by atoms with Gasteiger partial charge in [-0.2, -0.15) is 0 Å². The number of ether oxygens (including phenoxy) is 1. The third kappa shape index (κ3) is 5.61. The van der Waals surface area contributed by atoms with E-state index in [0.29, 0.717) is 5.82 Å². The van der Waals surface area contributed by atoms with Crippen LogP contribution in [0.5, 0.6) is 0 Å². The summed E-state index contributed by atoms with van der Waals surface area (Å²) in [6, 6.07) is 23.6. The van der Waals surface area contributed by atoms with Crippen LogP contribution >= 0.6 is 0 Å². The Hall–Kier alpha value is -3.27. The van der Waals surface area contributed by atoms with Gasteiger partial charge in [-0.05, 0) is 38.5 Å². The van der Waals surface area contributed by atoms with Gasteiger partial charge in [0.15, 0.2) is 5.82 Å². The van der Waals surface area contributed by atoms with E-state index in [1.165, 1.54) is 0 Å². The average Bonchev–Trinajstić information content (AvgIpc) is 2.66. The zero-order valence-electron chi connectivity index (χ0n) is 16.4. The largest absolute Gasteiger partial charge is 0.460 e. The van der Waals surface area contributed by atoms with E-state index in [0.717, 1.165) is 22.4 Å². The number of aliphatic imine (C=N–C) groups is 1. The number of rotatable bonds is 5. The summed E-state index contributed by atoms with van der Waals surface area (Å²) in [5.74, 6) is 0.295. The second-order valence-electron chi connectivity index (χ2n) is 7.48. The molecule has 1 heterocycles. The van der Waals surface area contributed by atoms with Gasteiger partial charge in [-0.3, -0.25) is 4.79 Å². The Balaban J connectivity index is 1.92. The summed E-state index contributed by atoms with van der Waals surface area (Å²) < 4.78 is 5.41. The second-order valence-corrected chi connectivity index (χ2v) is 7.48. The number of aromatic nitrogens is 1. The average molecular weight is 372 g/mol. The third-order valence-electron chi connectivity index (χ3n) is 3.90. The van der Waals surface area contributed by atoms with Crippen molar-refractivity contribution < 1.29 is 9.53 Å². The van der Waals surface area contributed by atoms with Crippen molar-refractivity contribution in [2.45, 2.75) is 32.8 Å². The van der Waals surface area contributed by atoms with Gasteiger partial charge in [-0.1, -0.05) is 60.7 Å². The number of benzene rings is 2. The minimum Gasteiger partial charge on any atom is -0.460 e. The molecule has 0 atom stereocenters. The van der Waals surface area contributed by atoms with Gasteiger partial charge in [0.1, 0.15) is 5.60 Å². The Morgan fingerprint density at radius 2 is 1.50 bits per heavy atom. The lowest BCUT2D eigenvalue weighted by Gasteiger charge is -2.19. The highest BCUT2D eigenvalue weighted by Crippen LogP contribution is 2.18. The molecule has 1 aromatic heterocycles. The van der Waals surface area contributed by atoms with Crippen molar-refractivity contribution >= 4 is 17.5 Å². The van der Waals surface area contributed by atoms with E-state index in [-0.39, 0.29) is 12.4 Å². The molecule has 0 aliphatic heterocycles. The van der Waals surface area contributed by atoms with E-state index in [2.05, 4.69) is 4.98 Å². The molecule has 0 aliphatic carbocycles. The van der Waals surface area contributed by atoms with Gasteiger partial charge in [0.05, 0.1) is 12.1 Å². The maximum Gasteiger partial charge on any atom is 0.310 e. The SMILES string of the molecule is CC(C)(C)OC(=O)Cc1ccnc(N=C(c2ccccc2)c2ccccc2)c1. The second kappa shape index (κ2) is 8.61. The summed E-state index contributed by atoms with van der Waals surface area (Å²) in [7, 11) is 0. The van der Waals surface area contributed by atoms with Gasteiger partial charge in [-0.25, -0.2) is 9.98 Å². The Bertz CT molecular complexity index is 917. The Kier molecular flexibility index (Phi) is 5.99. The smallest absolute Gasteiger partial charge is 0.310 e. The normalized spacial score (nSPS) is 11.0. The zero-order valence-corrected chi connectivity index (χ0v) is 16.4. The lowest BCUT2D eigenvalue weighted by molar-refractivity contribution is -0.153. The van der Waals surface area contributed by atoms with Crippen LogP contribution in [0.3, 0.4) is 0 Å². The van der Waals surface area contributed by atoms with E-state index in [9.17, 15) is 4.79 Å². The minimum atomic E-state index is -0.501. The summed E-state index contributed by atoms with van der Waals surface area (Å²) in [6.07, 6.45) is 1.86. The third-order valence-corrected chi connectivity index (χ3v) is 3.90. The fraction of sp³-hybridized carbons (Fsp3) is 0.208. The van der Waals surface area contributed by atoms with Gasteiger partial charge < -0.3 is 4.74 Å². The molecule has 0 amide bonds. The van der Waals surface area contributed by atoms with Gasteiger partial charge in [0, 0.05) is 17.3 Å². The van der Waals surface area contributed by atoms with Crippen molar-refractivity contribution in [2.75, 3.05) is 0 Å². The Labute approximate surface area is 165 Å². The fourth-order valence-corrected chi connectivity index (χ4v) is 2.78. The maximum atomic E-state index is 12.1. The Morgan fingerprint density at radius 3 is 2.04 bits per heavy atom. The highest BCUT2D eigenvalue weighted by molar-refractivity contribution is 6.13. The molecule has 0 bridgehead atoms. The van der Waals surface area contributed by atoms with Crippen LogP contribution in [0, 0.1) is 0 Å². The number of carbonyl (C=O) groups is 1. The first kappa shape index (κ1) is 19.5. The molecule has 142 valence electrons. The molecule has 3 aromatic rings. The molecular formula is C24H24N2O2. The van der Waals surface area contributed by atoms with E-state index in [1.807, 2.05) is 93.6 Å². The quantitative estimate of drug-likeness (QED) is 0.460. The van der Waals surface area contributed by atoms with Crippen molar-refractivity contribution in [3.05, 3.63) is 95.7 Å². The molecule has 0 fully saturated rings. The fourth-order valence-electron chi connectivity index (χ4n) is 2.78. The number of esters is 1. The van der Waals surface area contributed by atoms with Crippen LogP contribution in [0.1, 0.15) is 37.5 Å². The number of hydrogen-bond donors (Lipinski definition) is 0. The van der Waals surface area contributed by atoms with E-state index < -0.39 is 5.60 Å². The lowest BCUT2D eigenvalue weighted by Crippen LogP contribution is -2.24. The van der Waals surface area contributed by atoms with Crippen molar-refractivity contribution in [2.24, 2.45) is 4.99 Å². The molecule has 28 heavy (non-hydrogen) atoms. The van der Waals surface area contributed by atoms with E-state index in [1.54, 1.807) is 6.20 Å². The topological polar surface area (TPSA) is 51.5 Å². The molecule has 0 radical (unpaired) electrons. The molecule has 0 unspecified atom stereocenters. The molecule has 0 N–H and O–H groups in total. The predicted molar refractivity (Wildman–Crippen MR) is 112 cm³/mol. The standard InChI is InChI=1S/C24H24N2O2/c1-24(2,3)28-22(27)17-18-14-15-25-21(16-18)26-23(19-10-6-4-7-11-19)20-12-8-5-9-13-20/h4-16H,17H2,1-3H3. The van der Waals surface area contributed by atoms with Gasteiger partial charge in [-0.15, -0.1) is 0 Å². The molecule has 0 aliphatic rings. The Morgan fingerprint density at radius 1 is 0.929 bits per heavy atom. The first-order chi connectivity index (χ1) is 13.4. The monoisotopic (exact) mass is 372 g/mol. The number of hydrogen-bond acceptors (Lipinski definition) is 4. The highest BCUT2D eigenvalue weighted by atomic mass is 16.6. The maximum absolute atomic E-state index is 12.1. The van der Waals surface area contributed by atoms with Crippen molar-refractivity contribution in [3.63, 3.8) is 0 Å². The minimum absolute atomic E-state index is 0.189. The number of pyridine rings is 1. The van der Waals surface area contributed by atoms with Crippen molar-refractivity contribution in [3.8, 4) is 0 Å². The van der Waals surface area contributed by atoms with Gasteiger partial charge >= 0.3 is 5.97 Å².